The molecule has 4 nitrogen and oxygen atoms in total. The van der Waals surface area contributed by atoms with Gasteiger partial charge < -0.3 is 0 Å². The maximum atomic E-state index is 13.4. The van der Waals surface area contributed by atoms with Gasteiger partial charge in [-0.25, -0.2) is 13.8 Å². The molecular weight excluding hydrogens is 274 g/mol. The Morgan fingerprint density at radius 2 is 1.95 bits per heavy atom. The number of nitrogens with one attached hydrogen (secondary N) is 1. The minimum absolute atomic E-state index is 0.0163. The topological polar surface area (TPSA) is 59.1 Å². The summed E-state index contributed by atoms with van der Waals surface area (Å²) in [5.41, 5.74) is 0.557. The van der Waals surface area contributed by atoms with Crippen LogP contribution in [-0.2, 0) is 10.0 Å². The minimum atomic E-state index is -4.18. The van der Waals surface area contributed by atoms with Crippen molar-refractivity contribution in [2.45, 2.75) is 11.9 Å². The molecule has 0 aliphatic carbocycles. The Hall–Kier alpha value is -2.02. The summed E-state index contributed by atoms with van der Waals surface area (Å²) in [5, 5.41) is -0.725. The van der Waals surface area contributed by atoms with E-state index in [0.29, 0.717) is 5.56 Å². The predicted molar refractivity (Wildman–Crippen MR) is 66.1 cm³/mol. The van der Waals surface area contributed by atoms with Gasteiger partial charge in [0.2, 0.25) is 5.03 Å². The van der Waals surface area contributed by atoms with E-state index in [1.807, 2.05) is 0 Å². The lowest BCUT2D eigenvalue weighted by Crippen LogP contribution is -2.16. The molecule has 0 bridgehead atoms. The van der Waals surface area contributed by atoms with Gasteiger partial charge in [-0.05, 0) is 42.8 Å². The van der Waals surface area contributed by atoms with Crippen molar-refractivity contribution < 1.29 is 17.2 Å². The van der Waals surface area contributed by atoms with Gasteiger partial charge in [-0.3, -0.25) is 4.72 Å². The zero-order valence-corrected chi connectivity index (χ0v) is 10.7. The first-order valence-corrected chi connectivity index (χ1v) is 6.77. The van der Waals surface area contributed by atoms with Gasteiger partial charge in [0.15, 0.2) is 5.82 Å². The molecule has 0 aliphatic rings. The van der Waals surface area contributed by atoms with Crippen LogP contribution < -0.4 is 4.72 Å². The molecule has 0 fully saturated rings. The van der Waals surface area contributed by atoms with Crippen LogP contribution in [0.2, 0.25) is 0 Å². The zero-order chi connectivity index (χ0) is 14.0. The summed E-state index contributed by atoms with van der Waals surface area (Å²) in [6, 6.07) is 5.95. The van der Waals surface area contributed by atoms with Gasteiger partial charge in [-0.2, -0.15) is 8.42 Å². The number of hydrogen-bond donors (Lipinski definition) is 1. The molecule has 0 aliphatic heterocycles. The summed E-state index contributed by atoms with van der Waals surface area (Å²) >= 11 is 0. The second kappa shape index (κ2) is 4.93. The fraction of sp³-hybridized carbons (Fsp3) is 0.0833. The van der Waals surface area contributed by atoms with Crippen LogP contribution >= 0.6 is 0 Å². The van der Waals surface area contributed by atoms with Crippen LogP contribution in [0.5, 0.6) is 0 Å². The SMILES string of the molecule is Cc1cc(F)cc(NS(=O)(=O)c2ncccc2F)c1. The summed E-state index contributed by atoms with van der Waals surface area (Å²) in [6.45, 7) is 1.61. The summed E-state index contributed by atoms with van der Waals surface area (Å²) in [7, 11) is -4.18. The molecule has 0 saturated heterocycles. The molecule has 7 heteroatoms. The molecule has 1 N–H and O–H groups in total. The van der Waals surface area contributed by atoms with Crippen LogP contribution in [0.3, 0.4) is 0 Å². The molecule has 0 atom stereocenters. The lowest BCUT2D eigenvalue weighted by atomic mass is 10.2. The number of hydrogen-bond acceptors (Lipinski definition) is 3. The summed E-state index contributed by atoms with van der Waals surface area (Å²) in [5.74, 6) is -1.55. The normalized spacial score (nSPS) is 11.3. The molecule has 2 rings (SSSR count). The van der Waals surface area contributed by atoms with E-state index in [9.17, 15) is 17.2 Å². The molecule has 1 heterocycles. The third-order valence-electron chi connectivity index (χ3n) is 2.27. The molecule has 0 amide bonds. The van der Waals surface area contributed by atoms with E-state index in [1.165, 1.54) is 18.2 Å². The minimum Gasteiger partial charge on any atom is -0.278 e. The van der Waals surface area contributed by atoms with Crippen LogP contribution in [0.15, 0.2) is 41.6 Å². The largest absolute Gasteiger partial charge is 0.282 e. The van der Waals surface area contributed by atoms with Crippen molar-refractivity contribution in [3.05, 3.63) is 53.7 Å². The predicted octanol–water partition coefficient (Wildman–Crippen LogP) is 2.47. The molecule has 100 valence electrons. The van der Waals surface area contributed by atoms with Crippen molar-refractivity contribution in [1.82, 2.24) is 4.98 Å². The maximum Gasteiger partial charge on any atom is 0.282 e. The number of benzene rings is 1. The lowest BCUT2D eigenvalue weighted by molar-refractivity contribution is 0.557. The molecule has 1 aromatic heterocycles. The summed E-state index contributed by atoms with van der Waals surface area (Å²) in [4.78, 5) is 3.47. The quantitative estimate of drug-likeness (QED) is 0.942. The van der Waals surface area contributed by atoms with Crippen molar-refractivity contribution in [3.8, 4) is 0 Å². The second-order valence-electron chi connectivity index (χ2n) is 3.91. The number of nitrogens with zero attached hydrogens (tertiary/aromatic N) is 1. The second-order valence-corrected chi connectivity index (χ2v) is 5.51. The van der Waals surface area contributed by atoms with Gasteiger partial charge in [-0.15, -0.1) is 0 Å². The average Bonchev–Trinajstić information content (AvgIpc) is 2.26. The van der Waals surface area contributed by atoms with E-state index < -0.39 is 26.7 Å². The Morgan fingerprint density at radius 1 is 1.21 bits per heavy atom. The number of sulfonamides is 1. The van der Waals surface area contributed by atoms with E-state index in [0.717, 1.165) is 18.3 Å². The van der Waals surface area contributed by atoms with Gasteiger partial charge in [0, 0.05) is 6.20 Å². The Bertz CT molecular complexity index is 697. The van der Waals surface area contributed by atoms with Crippen LogP contribution in [-0.4, -0.2) is 13.4 Å². The number of halogens is 2. The number of aromatic nitrogens is 1. The Balaban J connectivity index is 2.39. The molecule has 0 spiro atoms. The summed E-state index contributed by atoms with van der Waals surface area (Å²) in [6.07, 6.45) is 1.16. The molecule has 1 aromatic carbocycles. The first kappa shape index (κ1) is 13.4. The van der Waals surface area contributed by atoms with Gasteiger partial charge in [-0.1, -0.05) is 0 Å². The van der Waals surface area contributed by atoms with E-state index in [-0.39, 0.29) is 5.69 Å². The Morgan fingerprint density at radius 3 is 2.58 bits per heavy atom. The molecule has 0 unspecified atom stereocenters. The first-order valence-electron chi connectivity index (χ1n) is 5.29. The van der Waals surface area contributed by atoms with Crippen molar-refractivity contribution in [1.29, 1.82) is 0 Å². The third-order valence-corrected chi connectivity index (χ3v) is 3.59. The monoisotopic (exact) mass is 284 g/mol. The summed E-state index contributed by atoms with van der Waals surface area (Å²) < 4.78 is 52.5. The van der Waals surface area contributed by atoms with Crippen molar-refractivity contribution in [3.63, 3.8) is 0 Å². The zero-order valence-electron chi connectivity index (χ0n) is 9.89. The molecule has 2 aromatic rings. The fourth-order valence-electron chi connectivity index (χ4n) is 1.57. The molecule has 0 radical (unpaired) electrons. The van der Waals surface area contributed by atoms with E-state index in [2.05, 4.69) is 9.71 Å². The smallest absolute Gasteiger partial charge is 0.278 e. The molecule has 19 heavy (non-hydrogen) atoms. The molecule has 0 saturated carbocycles. The van der Waals surface area contributed by atoms with Gasteiger partial charge in [0.25, 0.3) is 10.0 Å². The van der Waals surface area contributed by atoms with Crippen LogP contribution in [0.1, 0.15) is 5.56 Å². The average molecular weight is 284 g/mol. The van der Waals surface area contributed by atoms with Gasteiger partial charge in [0.05, 0.1) is 5.69 Å². The van der Waals surface area contributed by atoms with Crippen LogP contribution in [0, 0.1) is 18.6 Å². The standard InChI is InChI=1S/C12H10F2N2O2S/c1-8-5-9(13)7-10(6-8)16-19(17,18)12-11(14)3-2-4-15-12/h2-7,16H,1H3. The van der Waals surface area contributed by atoms with Crippen molar-refractivity contribution in [2.24, 2.45) is 0 Å². The first-order chi connectivity index (χ1) is 8.88. The van der Waals surface area contributed by atoms with Gasteiger partial charge in [0.1, 0.15) is 5.82 Å². The number of anilines is 1. The third kappa shape index (κ3) is 3.05. The van der Waals surface area contributed by atoms with Gasteiger partial charge >= 0.3 is 0 Å². The maximum absolute atomic E-state index is 13.4. The number of pyridine rings is 1. The Kier molecular flexibility index (Phi) is 3.48. The molecular formula is C12H10F2N2O2S. The highest BCUT2D eigenvalue weighted by molar-refractivity contribution is 7.92. The van der Waals surface area contributed by atoms with E-state index in [4.69, 9.17) is 0 Å². The van der Waals surface area contributed by atoms with Crippen molar-refractivity contribution >= 4 is 15.7 Å². The van der Waals surface area contributed by atoms with Crippen LogP contribution in [0.25, 0.3) is 0 Å². The van der Waals surface area contributed by atoms with E-state index >= 15 is 0 Å². The van der Waals surface area contributed by atoms with Crippen LogP contribution in [0.4, 0.5) is 14.5 Å². The highest BCUT2D eigenvalue weighted by Crippen LogP contribution is 2.18. The number of rotatable bonds is 3. The fourth-order valence-corrected chi connectivity index (χ4v) is 2.62. The van der Waals surface area contributed by atoms with E-state index in [1.54, 1.807) is 6.92 Å². The number of aryl methyl sites for hydroxylation is 1. The highest BCUT2D eigenvalue weighted by atomic mass is 32.2. The Labute approximate surface area is 109 Å². The lowest BCUT2D eigenvalue weighted by Gasteiger charge is -2.08. The van der Waals surface area contributed by atoms with Crippen molar-refractivity contribution in [2.75, 3.05) is 4.72 Å². The highest BCUT2D eigenvalue weighted by Gasteiger charge is 2.20.